The third-order valence-corrected chi connectivity index (χ3v) is 11.2. The highest BCUT2D eigenvalue weighted by molar-refractivity contribution is 5.70. The lowest BCUT2D eigenvalue weighted by Crippen LogP contribution is -2.30. The van der Waals surface area contributed by atoms with E-state index in [1.165, 1.54) is 122 Å². The summed E-state index contributed by atoms with van der Waals surface area (Å²) in [5, 5.41) is 0. The summed E-state index contributed by atoms with van der Waals surface area (Å²) >= 11 is 0. The number of carbonyl (C=O) groups excluding carboxylic acids is 2. The molecule has 0 fully saturated rings. The van der Waals surface area contributed by atoms with Crippen molar-refractivity contribution in [2.24, 2.45) is 0 Å². The summed E-state index contributed by atoms with van der Waals surface area (Å²) in [5.74, 6) is -0.410. The van der Waals surface area contributed by atoms with Crippen LogP contribution in [0.5, 0.6) is 0 Å². The molecule has 358 valence electrons. The van der Waals surface area contributed by atoms with Gasteiger partial charge in [0.25, 0.3) is 0 Å². The van der Waals surface area contributed by atoms with E-state index >= 15 is 0 Å². The highest BCUT2D eigenvalue weighted by atomic mass is 16.6. The Kier molecular flexibility index (Phi) is 50.4. The van der Waals surface area contributed by atoms with E-state index in [0.717, 1.165) is 96.3 Å². The largest absolute Gasteiger partial charge is 0.462 e. The molecule has 0 radical (unpaired) electrons. The number of unbranched alkanes of at least 4 members (excludes halogenated alkanes) is 25. The van der Waals surface area contributed by atoms with Crippen LogP contribution >= 0.6 is 0 Å². The average Bonchev–Trinajstić information content (AvgIpc) is 3.27. The van der Waals surface area contributed by atoms with Crippen LogP contribution in [0.25, 0.3) is 0 Å². The first-order valence-corrected chi connectivity index (χ1v) is 26.5. The fraction of sp³-hybridized carbons (Fsp3) is 0.754. The molecule has 0 spiro atoms. The van der Waals surface area contributed by atoms with Crippen molar-refractivity contribution in [2.45, 2.75) is 258 Å². The molecule has 62 heavy (non-hydrogen) atoms. The van der Waals surface area contributed by atoms with Crippen LogP contribution in [0.4, 0.5) is 0 Å². The minimum atomic E-state index is -0.547. The lowest BCUT2D eigenvalue weighted by molar-refractivity contribution is -0.163. The molecule has 1 atom stereocenters. The van der Waals surface area contributed by atoms with Crippen LogP contribution in [0.3, 0.4) is 0 Å². The Morgan fingerprint density at radius 2 is 0.726 bits per heavy atom. The van der Waals surface area contributed by atoms with Gasteiger partial charge < -0.3 is 14.2 Å². The van der Waals surface area contributed by atoms with Crippen LogP contribution < -0.4 is 0 Å². The Morgan fingerprint density at radius 1 is 0.371 bits per heavy atom. The zero-order valence-electron chi connectivity index (χ0n) is 41.1. The van der Waals surface area contributed by atoms with Crippen LogP contribution in [0, 0.1) is 0 Å². The van der Waals surface area contributed by atoms with E-state index in [9.17, 15) is 9.59 Å². The highest BCUT2D eigenvalue weighted by Gasteiger charge is 2.17. The van der Waals surface area contributed by atoms with Crippen LogP contribution in [0.2, 0.25) is 0 Å². The summed E-state index contributed by atoms with van der Waals surface area (Å²) in [7, 11) is 0. The molecule has 0 amide bonds. The molecule has 0 N–H and O–H groups in total. The quantitative estimate of drug-likeness (QED) is 0.0346. The van der Waals surface area contributed by atoms with Gasteiger partial charge in [-0.1, -0.05) is 229 Å². The van der Waals surface area contributed by atoms with E-state index in [1.807, 2.05) is 0 Å². The Labute approximate surface area is 385 Å². The van der Waals surface area contributed by atoms with Crippen LogP contribution in [0.15, 0.2) is 72.9 Å². The molecular formula is C57H100O5. The van der Waals surface area contributed by atoms with Gasteiger partial charge in [-0.15, -0.1) is 0 Å². The molecule has 0 aromatic carbocycles. The molecule has 0 aromatic rings. The van der Waals surface area contributed by atoms with Gasteiger partial charge in [0.1, 0.15) is 6.61 Å². The molecule has 5 heteroatoms. The van der Waals surface area contributed by atoms with Gasteiger partial charge in [-0.3, -0.25) is 9.59 Å². The molecule has 0 aromatic heterocycles. The van der Waals surface area contributed by atoms with Gasteiger partial charge in [0.2, 0.25) is 0 Å². The maximum atomic E-state index is 12.8. The maximum absolute atomic E-state index is 12.8. The van der Waals surface area contributed by atoms with Gasteiger partial charge >= 0.3 is 11.9 Å². The molecule has 0 saturated heterocycles. The fourth-order valence-corrected chi connectivity index (χ4v) is 7.36. The minimum Gasteiger partial charge on any atom is -0.462 e. The van der Waals surface area contributed by atoms with E-state index in [0.29, 0.717) is 19.4 Å². The molecule has 0 heterocycles. The van der Waals surface area contributed by atoms with Crippen molar-refractivity contribution in [3.63, 3.8) is 0 Å². The van der Waals surface area contributed by atoms with Gasteiger partial charge in [-0.25, -0.2) is 0 Å². The van der Waals surface area contributed by atoms with Gasteiger partial charge in [0, 0.05) is 19.4 Å². The number of allylic oxidation sites excluding steroid dienone is 12. The van der Waals surface area contributed by atoms with Gasteiger partial charge in [0.05, 0.1) is 6.61 Å². The molecule has 1 unspecified atom stereocenters. The molecule has 0 rings (SSSR count). The topological polar surface area (TPSA) is 61.8 Å². The standard InChI is InChI=1S/C57H100O5/c1-4-7-10-13-16-19-22-25-27-29-30-33-35-38-41-44-47-50-56(58)61-54-55(62-57(59)51-48-45-42-39-36-32-24-21-18-15-12-9-6-3)53-60-52-49-46-43-40-37-34-31-28-26-23-20-17-14-11-8-5-2/h7-8,10-11,16-17,19-20,25-28,55H,4-6,9,12-15,18,21-24,29-54H2,1-3H3/b10-7-,11-8-,19-16-,20-17-,27-25-,28-26-. The number of hydrogen-bond acceptors (Lipinski definition) is 5. The monoisotopic (exact) mass is 865 g/mol. The predicted molar refractivity (Wildman–Crippen MR) is 270 cm³/mol. The van der Waals surface area contributed by atoms with Gasteiger partial charge in [-0.2, -0.15) is 0 Å². The number of carbonyl (C=O) groups is 2. The number of ether oxygens (including phenoxy) is 3. The van der Waals surface area contributed by atoms with E-state index in [2.05, 4.69) is 93.7 Å². The van der Waals surface area contributed by atoms with Crippen molar-refractivity contribution in [2.75, 3.05) is 19.8 Å². The summed E-state index contributed by atoms with van der Waals surface area (Å²) in [5.41, 5.74) is 0. The minimum absolute atomic E-state index is 0.0747. The molecule has 0 aliphatic carbocycles. The van der Waals surface area contributed by atoms with Crippen molar-refractivity contribution < 1.29 is 23.8 Å². The summed E-state index contributed by atoms with van der Waals surface area (Å²) in [6.45, 7) is 7.59. The van der Waals surface area contributed by atoms with E-state index < -0.39 is 6.10 Å². The first kappa shape index (κ1) is 59.3. The first-order valence-electron chi connectivity index (χ1n) is 26.5. The summed E-state index contributed by atoms with van der Waals surface area (Å²) < 4.78 is 17.4. The highest BCUT2D eigenvalue weighted by Crippen LogP contribution is 2.15. The molecule has 0 aliphatic rings. The van der Waals surface area contributed by atoms with Crippen LogP contribution in [-0.2, 0) is 23.8 Å². The Hall–Kier alpha value is -2.66. The Bertz CT molecular complexity index is 1110. The summed E-state index contributed by atoms with van der Waals surface area (Å²) in [6, 6.07) is 0. The maximum Gasteiger partial charge on any atom is 0.306 e. The second-order valence-corrected chi connectivity index (χ2v) is 17.4. The van der Waals surface area contributed by atoms with Crippen molar-refractivity contribution in [1.29, 1.82) is 0 Å². The summed E-state index contributed by atoms with van der Waals surface area (Å²) in [4.78, 5) is 25.4. The summed E-state index contributed by atoms with van der Waals surface area (Å²) in [6.07, 6.45) is 67.7. The van der Waals surface area contributed by atoms with Crippen molar-refractivity contribution in [3.8, 4) is 0 Å². The first-order chi connectivity index (χ1) is 30.6. The molecule has 5 nitrogen and oxygen atoms in total. The molecule has 0 saturated carbocycles. The molecular weight excluding hydrogens is 765 g/mol. The van der Waals surface area contributed by atoms with Crippen molar-refractivity contribution >= 4 is 11.9 Å². The predicted octanol–water partition coefficient (Wildman–Crippen LogP) is 17.9. The van der Waals surface area contributed by atoms with Gasteiger partial charge in [-0.05, 0) is 83.5 Å². The lowest BCUT2D eigenvalue weighted by Gasteiger charge is -2.18. The van der Waals surface area contributed by atoms with Gasteiger partial charge in [0.15, 0.2) is 6.10 Å². The Balaban J connectivity index is 4.29. The van der Waals surface area contributed by atoms with E-state index in [4.69, 9.17) is 14.2 Å². The van der Waals surface area contributed by atoms with E-state index in [-0.39, 0.29) is 25.2 Å². The lowest BCUT2D eigenvalue weighted by atomic mass is 10.0. The molecule has 0 bridgehead atoms. The van der Waals surface area contributed by atoms with Crippen molar-refractivity contribution in [1.82, 2.24) is 0 Å². The van der Waals surface area contributed by atoms with Crippen molar-refractivity contribution in [3.05, 3.63) is 72.9 Å². The number of esters is 2. The normalized spacial score (nSPS) is 12.8. The zero-order chi connectivity index (χ0) is 44.9. The second-order valence-electron chi connectivity index (χ2n) is 17.4. The van der Waals surface area contributed by atoms with E-state index in [1.54, 1.807) is 0 Å². The van der Waals surface area contributed by atoms with Crippen LogP contribution in [-0.4, -0.2) is 37.9 Å². The average molecular weight is 865 g/mol. The zero-order valence-corrected chi connectivity index (χ0v) is 41.1. The van der Waals surface area contributed by atoms with Crippen LogP contribution in [0.1, 0.15) is 252 Å². The third kappa shape index (κ3) is 50.0. The number of rotatable bonds is 48. The molecule has 0 aliphatic heterocycles. The number of hydrogen-bond donors (Lipinski definition) is 0. The fourth-order valence-electron chi connectivity index (χ4n) is 7.36. The Morgan fingerprint density at radius 3 is 1.16 bits per heavy atom. The third-order valence-electron chi connectivity index (χ3n) is 11.2. The second kappa shape index (κ2) is 52.7. The SMILES string of the molecule is CC/C=C\C/C=C\C/C=C\CCCCCCCCCC(=O)OCC(COCCCCCCCC/C=C\C/C=C\C/C=C\CC)OC(=O)CCCCCCCCCCCCCCC. The smallest absolute Gasteiger partial charge is 0.306 e.